The molecule has 172 valence electrons. The molecule has 0 spiro atoms. The summed E-state index contributed by atoms with van der Waals surface area (Å²) < 4.78 is 33.6. The van der Waals surface area contributed by atoms with Crippen LogP contribution in [0.2, 0.25) is 0 Å². The summed E-state index contributed by atoms with van der Waals surface area (Å²) in [5, 5.41) is 7.64. The summed E-state index contributed by atoms with van der Waals surface area (Å²) >= 11 is 0. The van der Waals surface area contributed by atoms with Gasteiger partial charge in [0.1, 0.15) is 5.75 Å². The van der Waals surface area contributed by atoms with Crippen LogP contribution in [0.15, 0.2) is 77.7 Å². The third-order valence-corrected chi connectivity index (χ3v) is 6.06. The molecule has 3 aromatic rings. The Kier molecular flexibility index (Phi) is 7.52. The van der Waals surface area contributed by atoms with Crippen LogP contribution in [0.25, 0.3) is 0 Å². The molecule has 0 aliphatic rings. The Bertz CT molecular complexity index is 1250. The van der Waals surface area contributed by atoms with E-state index in [-0.39, 0.29) is 17.1 Å². The molecule has 10 heteroatoms. The van der Waals surface area contributed by atoms with Crippen LogP contribution >= 0.6 is 0 Å². The topological polar surface area (TPSA) is 126 Å². The fraction of sp³-hybridized carbons (Fsp3) is 0.130. The fourth-order valence-electron chi connectivity index (χ4n) is 2.96. The van der Waals surface area contributed by atoms with E-state index >= 15 is 0 Å². The number of ether oxygens (including phenoxy) is 1. The summed E-state index contributed by atoms with van der Waals surface area (Å²) in [4.78, 5) is 24.2. The molecule has 0 heterocycles. The van der Waals surface area contributed by atoms with Gasteiger partial charge in [0.05, 0.1) is 24.2 Å². The van der Waals surface area contributed by atoms with E-state index in [1.165, 1.54) is 13.2 Å². The summed E-state index contributed by atoms with van der Waals surface area (Å²) in [6.45, 7) is 1.35. The van der Waals surface area contributed by atoms with Gasteiger partial charge in [-0.15, -0.1) is 0 Å². The van der Waals surface area contributed by atoms with Crippen LogP contribution in [0, 0.1) is 6.92 Å². The number of hydrogen-bond acceptors (Lipinski definition) is 5. The zero-order valence-electron chi connectivity index (χ0n) is 18.1. The molecule has 0 atom stereocenters. The lowest BCUT2D eigenvalue weighted by Crippen LogP contribution is -2.35. The number of methoxy groups -OCH3 is 1. The highest BCUT2D eigenvalue weighted by Gasteiger charge is 2.20. The molecule has 0 fully saturated rings. The maximum atomic E-state index is 13.0. The van der Waals surface area contributed by atoms with Crippen molar-refractivity contribution in [3.63, 3.8) is 0 Å². The Hall–Kier alpha value is -4.05. The van der Waals surface area contributed by atoms with Crippen molar-refractivity contribution in [1.82, 2.24) is 5.32 Å². The first-order valence-corrected chi connectivity index (χ1v) is 11.4. The first-order valence-electron chi connectivity index (χ1n) is 9.95. The number of carbonyl (C=O) groups is 2. The summed E-state index contributed by atoms with van der Waals surface area (Å²) in [5.41, 5.74) is 1.65. The van der Waals surface area contributed by atoms with Gasteiger partial charge in [-0.05, 0) is 48.9 Å². The Labute approximate surface area is 192 Å². The minimum Gasteiger partial charge on any atom is -0.495 e. The molecule has 0 saturated heterocycles. The molecule has 0 radical (unpaired) electrons. The van der Waals surface area contributed by atoms with Crippen LogP contribution in [0.3, 0.4) is 0 Å². The molecule has 0 bridgehead atoms. The van der Waals surface area contributed by atoms with Crippen molar-refractivity contribution in [2.45, 2.75) is 11.8 Å². The molecule has 9 nitrogen and oxygen atoms in total. The van der Waals surface area contributed by atoms with Gasteiger partial charge in [0.2, 0.25) is 5.91 Å². The minimum atomic E-state index is -3.96. The van der Waals surface area contributed by atoms with Crippen molar-refractivity contribution in [2.75, 3.05) is 29.0 Å². The molecule has 4 N–H and O–H groups in total. The van der Waals surface area contributed by atoms with Crippen LogP contribution in [-0.2, 0) is 14.8 Å². The number of rotatable bonds is 8. The van der Waals surface area contributed by atoms with Crippen molar-refractivity contribution < 1.29 is 22.7 Å². The van der Waals surface area contributed by atoms with Crippen molar-refractivity contribution in [3.8, 4) is 5.75 Å². The van der Waals surface area contributed by atoms with E-state index in [0.717, 1.165) is 0 Å². The van der Waals surface area contributed by atoms with E-state index in [1.807, 2.05) is 6.07 Å². The second kappa shape index (κ2) is 10.5. The van der Waals surface area contributed by atoms with E-state index in [1.54, 1.807) is 67.6 Å². The van der Waals surface area contributed by atoms with Gasteiger partial charge in [-0.3, -0.25) is 9.52 Å². The van der Waals surface area contributed by atoms with E-state index in [4.69, 9.17) is 4.74 Å². The highest BCUT2D eigenvalue weighted by molar-refractivity contribution is 7.92. The predicted octanol–water partition coefficient (Wildman–Crippen LogP) is 3.56. The number of para-hydroxylation sites is 3. The molecule has 0 saturated carbocycles. The minimum absolute atomic E-state index is 0.000913. The number of nitrogens with one attached hydrogen (secondary N) is 4. The maximum Gasteiger partial charge on any atom is 0.319 e. The molecule has 3 amide bonds. The first-order chi connectivity index (χ1) is 15.8. The van der Waals surface area contributed by atoms with Crippen molar-refractivity contribution in [1.29, 1.82) is 0 Å². The first kappa shape index (κ1) is 23.6. The SMILES string of the molecule is COc1ccccc1NS(=O)(=O)c1cc(NC(=O)CNC(=O)Nc2ccccc2)ccc1C. The molecule has 0 aromatic heterocycles. The smallest absolute Gasteiger partial charge is 0.319 e. The monoisotopic (exact) mass is 468 g/mol. The van der Waals surface area contributed by atoms with Gasteiger partial charge >= 0.3 is 6.03 Å². The molecule has 0 unspecified atom stereocenters. The third-order valence-electron chi connectivity index (χ3n) is 4.55. The van der Waals surface area contributed by atoms with Gasteiger partial charge in [0.25, 0.3) is 10.0 Å². The summed E-state index contributed by atoms with van der Waals surface area (Å²) in [7, 11) is -2.51. The van der Waals surface area contributed by atoms with Crippen LogP contribution in [0.5, 0.6) is 5.75 Å². The number of carbonyl (C=O) groups excluding carboxylic acids is 2. The Balaban J connectivity index is 1.65. The van der Waals surface area contributed by atoms with Crippen LogP contribution < -0.4 is 25.4 Å². The molecular weight excluding hydrogens is 444 g/mol. The Morgan fingerprint density at radius 1 is 0.879 bits per heavy atom. The molecule has 33 heavy (non-hydrogen) atoms. The van der Waals surface area contributed by atoms with Crippen LogP contribution in [0.4, 0.5) is 21.9 Å². The third kappa shape index (κ3) is 6.47. The second-order valence-electron chi connectivity index (χ2n) is 7.01. The van der Waals surface area contributed by atoms with E-state index < -0.39 is 22.0 Å². The predicted molar refractivity (Wildman–Crippen MR) is 127 cm³/mol. The Morgan fingerprint density at radius 2 is 1.58 bits per heavy atom. The summed E-state index contributed by atoms with van der Waals surface area (Å²) in [6.07, 6.45) is 0. The Morgan fingerprint density at radius 3 is 2.30 bits per heavy atom. The maximum absolute atomic E-state index is 13.0. The quantitative estimate of drug-likeness (QED) is 0.402. The molecule has 3 rings (SSSR count). The van der Waals surface area contributed by atoms with Crippen molar-refractivity contribution >= 4 is 39.0 Å². The summed E-state index contributed by atoms with van der Waals surface area (Å²) in [6, 6.07) is 19.4. The average molecular weight is 469 g/mol. The molecular formula is C23H24N4O5S. The average Bonchev–Trinajstić information content (AvgIpc) is 2.79. The number of anilines is 3. The molecule has 0 aliphatic carbocycles. The number of benzene rings is 3. The van der Waals surface area contributed by atoms with Gasteiger partial charge in [0.15, 0.2) is 0 Å². The fourth-order valence-corrected chi connectivity index (χ4v) is 4.30. The molecule has 3 aromatic carbocycles. The van der Waals surface area contributed by atoms with Gasteiger partial charge < -0.3 is 20.7 Å². The largest absolute Gasteiger partial charge is 0.495 e. The van der Waals surface area contributed by atoms with E-state index in [0.29, 0.717) is 22.7 Å². The summed E-state index contributed by atoms with van der Waals surface area (Å²) in [5.74, 6) is -0.133. The van der Waals surface area contributed by atoms with Gasteiger partial charge in [0, 0.05) is 11.4 Å². The normalized spacial score (nSPS) is 10.7. The van der Waals surface area contributed by atoms with Crippen LogP contribution in [-0.4, -0.2) is 34.0 Å². The number of sulfonamides is 1. The van der Waals surface area contributed by atoms with Gasteiger partial charge in [-0.2, -0.15) is 0 Å². The van der Waals surface area contributed by atoms with Gasteiger partial charge in [-0.1, -0.05) is 36.4 Å². The van der Waals surface area contributed by atoms with E-state index in [2.05, 4.69) is 20.7 Å². The lowest BCUT2D eigenvalue weighted by atomic mass is 10.2. The number of amides is 3. The lowest BCUT2D eigenvalue weighted by Gasteiger charge is -2.14. The second-order valence-corrected chi connectivity index (χ2v) is 8.66. The number of aryl methyl sites for hydroxylation is 1. The van der Waals surface area contributed by atoms with Crippen molar-refractivity contribution in [3.05, 3.63) is 78.4 Å². The number of urea groups is 1. The lowest BCUT2D eigenvalue weighted by molar-refractivity contribution is -0.115. The number of hydrogen-bond donors (Lipinski definition) is 4. The van der Waals surface area contributed by atoms with Crippen LogP contribution in [0.1, 0.15) is 5.56 Å². The van der Waals surface area contributed by atoms with Gasteiger partial charge in [-0.25, -0.2) is 13.2 Å². The van der Waals surface area contributed by atoms with E-state index in [9.17, 15) is 18.0 Å². The highest BCUT2D eigenvalue weighted by atomic mass is 32.2. The van der Waals surface area contributed by atoms with Crippen molar-refractivity contribution in [2.24, 2.45) is 0 Å². The zero-order chi connectivity index (χ0) is 23.8. The molecule has 0 aliphatic heterocycles. The highest BCUT2D eigenvalue weighted by Crippen LogP contribution is 2.28. The zero-order valence-corrected chi connectivity index (χ0v) is 18.9. The standard InChI is InChI=1S/C23H24N4O5S/c1-16-12-13-18(25-22(28)15-24-23(29)26-17-8-4-3-5-9-17)14-21(16)33(30,31)27-19-10-6-7-11-20(19)32-2/h3-14,27H,15H2,1-2H3,(H,25,28)(H2,24,26,29).